The van der Waals surface area contributed by atoms with E-state index in [0.29, 0.717) is 18.0 Å². The summed E-state index contributed by atoms with van der Waals surface area (Å²) in [6, 6.07) is 12.6. The van der Waals surface area contributed by atoms with Crippen molar-refractivity contribution in [1.82, 2.24) is 4.90 Å². The monoisotopic (exact) mass is 486 g/mol. The standard InChI is InChI=1S/C22H19BrN2O4S/c1-3-10-29-18-9-6-15(11-17(18)23)12-19-21(27)25(22(28)30-19)13-20(26)24-16-7-4-14(2)5-8-16/h3-9,11-12H,1,10,13H2,2H3,(H,24,26)/b19-12-. The Morgan fingerprint density at radius 3 is 2.63 bits per heavy atom. The first-order valence-electron chi connectivity index (χ1n) is 9.02. The molecule has 0 aromatic heterocycles. The summed E-state index contributed by atoms with van der Waals surface area (Å²) in [7, 11) is 0. The third-order valence-electron chi connectivity index (χ3n) is 4.12. The second kappa shape index (κ2) is 9.77. The van der Waals surface area contributed by atoms with Crippen molar-refractivity contribution in [3.8, 4) is 5.75 Å². The molecule has 1 saturated heterocycles. The summed E-state index contributed by atoms with van der Waals surface area (Å²) >= 11 is 4.23. The van der Waals surface area contributed by atoms with Crippen LogP contribution < -0.4 is 10.1 Å². The van der Waals surface area contributed by atoms with Gasteiger partial charge in [0, 0.05) is 5.69 Å². The maximum Gasteiger partial charge on any atom is 0.294 e. The van der Waals surface area contributed by atoms with Crippen molar-refractivity contribution < 1.29 is 19.1 Å². The van der Waals surface area contributed by atoms with Gasteiger partial charge in [-0.05, 0) is 70.5 Å². The zero-order valence-electron chi connectivity index (χ0n) is 16.2. The third kappa shape index (κ3) is 5.40. The molecule has 0 bridgehead atoms. The summed E-state index contributed by atoms with van der Waals surface area (Å²) in [5.41, 5.74) is 2.40. The van der Waals surface area contributed by atoms with E-state index in [1.807, 2.05) is 19.1 Å². The topological polar surface area (TPSA) is 75.7 Å². The highest BCUT2D eigenvalue weighted by Gasteiger charge is 2.36. The number of ether oxygens (including phenoxy) is 1. The molecule has 3 rings (SSSR count). The van der Waals surface area contributed by atoms with Crippen molar-refractivity contribution in [2.24, 2.45) is 0 Å². The molecule has 1 N–H and O–H groups in total. The van der Waals surface area contributed by atoms with Crippen LogP contribution in [-0.4, -0.2) is 35.1 Å². The quantitative estimate of drug-likeness (QED) is 0.440. The first-order valence-corrected chi connectivity index (χ1v) is 10.6. The van der Waals surface area contributed by atoms with E-state index in [1.54, 1.807) is 42.5 Å². The number of amides is 3. The lowest BCUT2D eigenvalue weighted by atomic mass is 10.2. The van der Waals surface area contributed by atoms with Gasteiger partial charge in [-0.25, -0.2) is 0 Å². The molecule has 1 heterocycles. The molecule has 1 aliphatic rings. The molecule has 2 aromatic rings. The highest BCUT2D eigenvalue weighted by molar-refractivity contribution is 9.10. The SMILES string of the molecule is C=CCOc1ccc(/C=C2\SC(=O)N(CC(=O)Nc3ccc(C)cc3)C2=O)cc1Br. The first kappa shape index (κ1) is 21.9. The van der Waals surface area contributed by atoms with E-state index in [4.69, 9.17) is 4.74 Å². The Bertz CT molecular complexity index is 1030. The number of imide groups is 1. The molecule has 0 saturated carbocycles. The van der Waals surface area contributed by atoms with Gasteiger partial charge in [-0.1, -0.05) is 36.4 Å². The minimum Gasteiger partial charge on any atom is -0.488 e. The smallest absolute Gasteiger partial charge is 0.294 e. The minimum atomic E-state index is -0.493. The van der Waals surface area contributed by atoms with Crippen LogP contribution in [0.5, 0.6) is 5.75 Å². The fraction of sp³-hybridized carbons (Fsp3) is 0.136. The van der Waals surface area contributed by atoms with Gasteiger partial charge in [0.15, 0.2) is 0 Å². The van der Waals surface area contributed by atoms with Crippen molar-refractivity contribution in [2.45, 2.75) is 6.92 Å². The highest BCUT2D eigenvalue weighted by atomic mass is 79.9. The Morgan fingerprint density at radius 2 is 1.97 bits per heavy atom. The molecule has 0 aliphatic carbocycles. The van der Waals surface area contributed by atoms with Crippen molar-refractivity contribution in [3.05, 3.63) is 75.6 Å². The van der Waals surface area contributed by atoms with Crippen molar-refractivity contribution in [3.63, 3.8) is 0 Å². The first-order chi connectivity index (χ1) is 14.4. The number of nitrogens with one attached hydrogen (secondary N) is 1. The fourth-order valence-corrected chi connectivity index (χ4v) is 3.99. The van der Waals surface area contributed by atoms with Gasteiger partial charge in [0.2, 0.25) is 5.91 Å². The summed E-state index contributed by atoms with van der Waals surface area (Å²) in [4.78, 5) is 38.4. The molecule has 6 nitrogen and oxygen atoms in total. The Morgan fingerprint density at radius 1 is 1.23 bits per heavy atom. The average molecular weight is 487 g/mol. The number of hydrogen-bond acceptors (Lipinski definition) is 5. The number of carbonyl (C=O) groups excluding carboxylic acids is 3. The van der Waals surface area contributed by atoms with Crippen molar-refractivity contribution in [2.75, 3.05) is 18.5 Å². The lowest BCUT2D eigenvalue weighted by molar-refractivity contribution is -0.127. The van der Waals surface area contributed by atoms with Crippen LogP contribution in [0.1, 0.15) is 11.1 Å². The summed E-state index contributed by atoms with van der Waals surface area (Å²) in [5.74, 6) is -0.283. The molecule has 0 spiro atoms. The lowest BCUT2D eigenvalue weighted by Gasteiger charge is -2.12. The maximum atomic E-state index is 12.6. The molecule has 0 atom stereocenters. The molecule has 1 aliphatic heterocycles. The van der Waals surface area contributed by atoms with Gasteiger partial charge in [-0.2, -0.15) is 0 Å². The molecule has 30 heavy (non-hydrogen) atoms. The molecular weight excluding hydrogens is 468 g/mol. The lowest BCUT2D eigenvalue weighted by Crippen LogP contribution is -2.36. The second-order valence-corrected chi connectivity index (χ2v) is 8.32. The zero-order valence-corrected chi connectivity index (χ0v) is 18.6. The number of hydrogen-bond donors (Lipinski definition) is 1. The largest absolute Gasteiger partial charge is 0.488 e. The van der Waals surface area contributed by atoms with Crippen molar-refractivity contribution in [1.29, 1.82) is 0 Å². The van der Waals surface area contributed by atoms with E-state index < -0.39 is 17.1 Å². The Labute approximate surface area is 187 Å². The van der Waals surface area contributed by atoms with Gasteiger partial charge in [0.05, 0.1) is 9.38 Å². The number of halogens is 1. The third-order valence-corrected chi connectivity index (χ3v) is 5.65. The Hall–Kier alpha value is -2.84. The minimum absolute atomic E-state index is 0.259. The van der Waals surface area contributed by atoms with E-state index in [-0.39, 0.29) is 11.4 Å². The van der Waals surface area contributed by atoms with E-state index in [1.165, 1.54) is 0 Å². The van der Waals surface area contributed by atoms with Gasteiger partial charge in [-0.3, -0.25) is 19.3 Å². The second-order valence-electron chi connectivity index (χ2n) is 6.47. The van der Waals surface area contributed by atoms with Crippen LogP contribution in [0.25, 0.3) is 6.08 Å². The zero-order chi connectivity index (χ0) is 21.7. The van der Waals surface area contributed by atoms with Crippen LogP contribution in [0.2, 0.25) is 0 Å². The van der Waals surface area contributed by atoms with Gasteiger partial charge < -0.3 is 10.1 Å². The number of rotatable bonds is 7. The van der Waals surface area contributed by atoms with Crippen LogP contribution in [0.15, 0.2) is 64.5 Å². The molecular formula is C22H19BrN2O4S. The van der Waals surface area contributed by atoms with Gasteiger partial charge in [0.25, 0.3) is 11.1 Å². The number of benzene rings is 2. The maximum absolute atomic E-state index is 12.6. The number of carbonyl (C=O) groups is 3. The number of aryl methyl sites for hydroxylation is 1. The van der Waals surface area contributed by atoms with Crippen LogP contribution in [0.4, 0.5) is 10.5 Å². The average Bonchev–Trinajstić information content (AvgIpc) is 2.96. The number of thioether (sulfide) groups is 1. The molecule has 1 fully saturated rings. The molecule has 2 aromatic carbocycles. The molecule has 0 radical (unpaired) electrons. The normalized spacial score (nSPS) is 14.9. The van der Waals surface area contributed by atoms with Crippen LogP contribution in [-0.2, 0) is 9.59 Å². The van der Waals surface area contributed by atoms with Crippen molar-refractivity contribution >= 4 is 56.5 Å². The predicted molar refractivity (Wildman–Crippen MR) is 122 cm³/mol. The Balaban J connectivity index is 1.68. The molecule has 154 valence electrons. The predicted octanol–water partition coefficient (Wildman–Crippen LogP) is 5.00. The Kier molecular flexibility index (Phi) is 7.12. The highest BCUT2D eigenvalue weighted by Crippen LogP contribution is 2.33. The van der Waals surface area contributed by atoms with E-state index in [0.717, 1.165) is 32.3 Å². The van der Waals surface area contributed by atoms with Crippen LogP contribution in [0, 0.1) is 6.92 Å². The number of anilines is 1. The number of nitrogens with zero attached hydrogens (tertiary/aromatic N) is 1. The van der Waals surface area contributed by atoms with Crippen LogP contribution >= 0.6 is 27.7 Å². The molecule has 3 amide bonds. The summed E-state index contributed by atoms with van der Waals surface area (Å²) < 4.78 is 6.22. The summed E-state index contributed by atoms with van der Waals surface area (Å²) in [5, 5.41) is 2.21. The van der Waals surface area contributed by atoms with E-state index in [9.17, 15) is 14.4 Å². The van der Waals surface area contributed by atoms with Gasteiger partial charge >= 0.3 is 0 Å². The fourth-order valence-electron chi connectivity index (χ4n) is 2.64. The molecule has 0 unspecified atom stereocenters. The summed E-state index contributed by atoms with van der Waals surface area (Å²) in [6.07, 6.45) is 3.26. The van der Waals surface area contributed by atoms with Gasteiger partial charge in [0.1, 0.15) is 18.9 Å². The van der Waals surface area contributed by atoms with Crippen LogP contribution in [0.3, 0.4) is 0 Å². The molecule has 8 heteroatoms. The summed E-state index contributed by atoms with van der Waals surface area (Å²) in [6.45, 7) is 5.59. The van der Waals surface area contributed by atoms with E-state index >= 15 is 0 Å². The van der Waals surface area contributed by atoms with E-state index in [2.05, 4.69) is 27.8 Å². The van der Waals surface area contributed by atoms with Gasteiger partial charge in [-0.15, -0.1) is 0 Å².